The van der Waals surface area contributed by atoms with Gasteiger partial charge in [-0.1, -0.05) is 0 Å². The van der Waals surface area contributed by atoms with Crippen LogP contribution in [0.5, 0.6) is 11.5 Å². The van der Waals surface area contributed by atoms with E-state index in [-0.39, 0.29) is 23.8 Å². The summed E-state index contributed by atoms with van der Waals surface area (Å²) in [5.41, 5.74) is 0. The third kappa shape index (κ3) is 4.45. The lowest BCUT2D eigenvalue weighted by molar-refractivity contribution is -0.198. The van der Waals surface area contributed by atoms with Crippen LogP contribution in [0.15, 0.2) is 48.5 Å². The predicted octanol–water partition coefficient (Wildman–Crippen LogP) is 2.89. The Labute approximate surface area is 143 Å². The standard InChI is InChI=1S/C18H16F2O5/c19-11-1-5-13(6-2-11)23-17(15-9-21-15)25-18(16-10-22-16)24-14-7-3-12(20)4-8-14/h1-8,15-18H,9-10H2. The van der Waals surface area contributed by atoms with E-state index in [1.807, 2.05) is 0 Å². The molecule has 0 amide bonds. The molecule has 5 nitrogen and oxygen atoms in total. The fourth-order valence-electron chi connectivity index (χ4n) is 2.23. The van der Waals surface area contributed by atoms with Crippen LogP contribution in [-0.2, 0) is 14.2 Å². The van der Waals surface area contributed by atoms with Crippen molar-refractivity contribution in [1.29, 1.82) is 0 Å². The van der Waals surface area contributed by atoms with Crippen LogP contribution in [0.4, 0.5) is 8.78 Å². The topological polar surface area (TPSA) is 52.8 Å². The Morgan fingerprint density at radius 1 is 0.720 bits per heavy atom. The van der Waals surface area contributed by atoms with Crippen LogP contribution < -0.4 is 9.47 Å². The molecule has 0 aromatic heterocycles. The normalized spacial score (nSPS) is 23.6. The van der Waals surface area contributed by atoms with E-state index in [4.69, 9.17) is 23.7 Å². The maximum Gasteiger partial charge on any atom is 0.232 e. The molecule has 4 rings (SSSR count). The fraction of sp³-hybridized carbons (Fsp3) is 0.333. The first kappa shape index (κ1) is 16.3. The van der Waals surface area contributed by atoms with E-state index < -0.39 is 12.6 Å². The molecule has 2 aromatic carbocycles. The second kappa shape index (κ2) is 6.95. The van der Waals surface area contributed by atoms with E-state index in [1.165, 1.54) is 48.5 Å². The summed E-state index contributed by atoms with van der Waals surface area (Å²) in [6, 6.07) is 11.3. The van der Waals surface area contributed by atoms with Crippen molar-refractivity contribution in [3.63, 3.8) is 0 Å². The van der Waals surface area contributed by atoms with Crippen LogP contribution in [0, 0.1) is 11.6 Å². The van der Waals surface area contributed by atoms with Gasteiger partial charge in [-0.2, -0.15) is 0 Å². The monoisotopic (exact) mass is 350 g/mol. The van der Waals surface area contributed by atoms with Gasteiger partial charge < -0.3 is 18.9 Å². The highest BCUT2D eigenvalue weighted by Gasteiger charge is 2.43. The number of hydrogen-bond donors (Lipinski definition) is 0. The predicted molar refractivity (Wildman–Crippen MR) is 82.2 cm³/mol. The summed E-state index contributed by atoms with van der Waals surface area (Å²) in [4.78, 5) is 0. The second-order valence-electron chi connectivity index (χ2n) is 5.76. The number of halogens is 2. The Hall–Kier alpha value is -2.22. The summed E-state index contributed by atoms with van der Waals surface area (Å²) >= 11 is 0. The van der Waals surface area contributed by atoms with Gasteiger partial charge in [0.2, 0.25) is 12.6 Å². The molecule has 0 bridgehead atoms. The average molecular weight is 350 g/mol. The minimum absolute atomic E-state index is 0.233. The van der Waals surface area contributed by atoms with Gasteiger partial charge in [0.15, 0.2) is 0 Å². The number of hydrogen-bond acceptors (Lipinski definition) is 5. The van der Waals surface area contributed by atoms with Crippen molar-refractivity contribution >= 4 is 0 Å². The molecule has 0 spiro atoms. The SMILES string of the molecule is Fc1ccc(OC(OC(Oc2ccc(F)cc2)C2CO2)C2CO2)cc1. The molecule has 132 valence electrons. The minimum atomic E-state index is -0.722. The molecule has 2 saturated heterocycles. The first-order chi connectivity index (χ1) is 12.2. The summed E-state index contributed by atoms with van der Waals surface area (Å²) < 4.78 is 53.9. The van der Waals surface area contributed by atoms with Gasteiger partial charge in [-0.05, 0) is 48.5 Å². The summed E-state index contributed by atoms with van der Waals surface area (Å²) in [5, 5.41) is 0. The van der Waals surface area contributed by atoms with Crippen molar-refractivity contribution in [2.24, 2.45) is 0 Å². The van der Waals surface area contributed by atoms with E-state index >= 15 is 0 Å². The largest absolute Gasteiger partial charge is 0.462 e. The molecule has 4 atom stereocenters. The maximum atomic E-state index is 13.0. The van der Waals surface area contributed by atoms with E-state index in [0.717, 1.165) is 0 Å². The van der Waals surface area contributed by atoms with Crippen molar-refractivity contribution in [2.75, 3.05) is 13.2 Å². The first-order valence-corrected chi connectivity index (χ1v) is 7.90. The van der Waals surface area contributed by atoms with E-state index in [0.29, 0.717) is 24.7 Å². The number of benzene rings is 2. The van der Waals surface area contributed by atoms with Gasteiger partial charge in [-0.25, -0.2) is 8.78 Å². The summed E-state index contributed by atoms with van der Waals surface area (Å²) in [5.74, 6) is 0.214. The van der Waals surface area contributed by atoms with Crippen molar-refractivity contribution in [2.45, 2.75) is 24.8 Å². The molecule has 0 aliphatic carbocycles. The van der Waals surface area contributed by atoms with Gasteiger partial charge >= 0.3 is 0 Å². The van der Waals surface area contributed by atoms with E-state index in [1.54, 1.807) is 0 Å². The molecule has 7 heteroatoms. The van der Waals surface area contributed by atoms with Crippen LogP contribution in [-0.4, -0.2) is 38.0 Å². The van der Waals surface area contributed by atoms with Crippen LogP contribution in [0.25, 0.3) is 0 Å². The summed E-state index contributed by atoms with van der Waals surface area (Å²) in [6.07, 6.45) is -1.91. The Bertz CT molecular complexity index is 637. The molecule has 0 radical (unpaired) electrons. The third-order valence-electron chi connectivity index (χ3n) is 3.73. The highest BCUT2D eigenvalue weighted by atomic mass is 19.1. The first-order valence-electron chi connectivity index (χ1n) is 7.90. The molecule has 2 aromatic rings. The molecule has 2 heterocycles. The van der Waals surface area contributed by atoms with Gasteiger partial charge in [0, 0.05) is 0 Å². The maximum absolute atomic E-state index is 13.0. The Balaban J connectivity index is 1.43. The van der Waals surface area contributed by atoms with Crippen LogP contribution >= 0.6 is 0 Å². The van der Waals surface area contributed by atoms with Crippen molar-refractivity contribution in [3.05, 3.63) is 60.2 Å². The number of rotatable bonds is 8. The number of ether oxygens (including phenoxy) is 5. The quantitative estimate of drug-likeness (QED) is 0.541. The lowest BCUT2D eigenvalue weighted by Gasteiger charge is -2.24. The van der Waals surface area contributed by atoms with Crippen LogP contribution in [0.3, 0.4) is 0 Å². The van der Waals surface area contributed by atoms with Gasteiger partial charge in [0.1, 0.15) is 35.3 Å². The molecular formula is C18H16F2O5. The average Bonchev–Trinajstić information content (AvgIpc) is 3.49. The molecule has 2 aliphatic heterocycles. The van der Waals surface area contributed by atoms with Crippen LogP contribution in [0.2, 0.25) is 0 Å². The summed E-state index contributed by atoms with van der Waals surface area (Å²) in [6.45, 7) is 1.00. The molecule has 2 fully saturated rings. The zero-order valence-electron chi connectivity index (χ0n) is 13.1. The highest BCUT2D eigenvalue weighted by molar-refractivity contribution is 5.23. The highest BCUT2D eigenvalue weighted by Crippen LogP contribution is 2.28. The zero-order valence-corrected chi connectivity index (χ0v) is 13.1. The van der Waals surface area contributed by atoms with E-state index in [2.05, 4.69) is 0 Å². The van der Waals surface area contributed by atoms with Gasteiger partial charge in [-0.3, -0.25) is 4.74 Å². The molecule has 0 saturated carbocycles. The Kier molecular flexibility index (Phi) is 4.52. The minimum Gasteiger partial charge on any atom is -0.462 e. The van der Waals surface area contributed by atoms with E-state index in [9.17, 15) is 8.78 Å². The van der Waals surface area contributed by atoms with Crippen molar-refractivity contribution < 1.29 is 32.5 Å². The smallest absolute Gasteiger partial charge is 0.232 e. The van der Waals surface area contributed by atoms with Crippen molar-refractivity contribution in [3.8, 4) is 11.5 Å². The van der Waals surface area contributed by atoms with Gasteiger partial charge in [-0.15, -0.1) is 0 Å². The molecule has 0 N–H and O–H groups in total. The lowest BCUT2D eigenvalue weighted by Crippen LogP contribution is -2.37. The summed E-state index contributed by atoms with van der Waals surface area (Å²) in [7, 11) is 0. The van der Waals surface area contributed by atoms with Crippen LogP contribution in [0.1, 0.15) is 0 Å². The molecule has 25 heavy (non-hydrogen) atoms. The Morgan fingerprint density at radius 2 is 1.08 bits per heavy atom. The lowest BCUT2D eigenvalue weighted by atomic mass is 10.3. The van der Waals surface area contributed by atoms with Crippen molar-refractivity contribution in [1.82, 2.24) is 0 Å². The van der Waals surface area contributed by atoms with Gasteiger partial charge in [0.05, 0.1) is 13.2 Å². The van der Waals surface area contributed by atoms with Gasteiger partial charge in [0.25, 0.3) is 0 Å². The molecular weight excluding hydrogens is 334 g/mol. The second-order valence-corrected chi connectivity index (χ2v) is 5.76. The zero-order chi connectivity index (χ0) is 17.2. The Morgan fingerprint density at radius 3 is 1.40 bits per heavy atom. The number of epoxide rings is 2. The molecule has 4 unspecified atom stereocenters. The molecule has 2 aliphatic rings. The fourth-order valence-corrected chi connectivity index (χ4v) is 2.23. The third-order valence-corrected chi connectivity index (χ3v) is 3.73.